The van der Waals surface area contributed by atoms with Gasteiger partial charge in [0.15, 0.2) is 0 Å². The summed E-state index contributed by atoms with van der Waals surface area (Å²) in [5.74, 6) is -0.392. The van der Waals surface area contributed by atoms with Gasteiger partial charge in [-0.05, 0) is 24.1 Å². The minimum atomic E-state index is -0.514. The number of hydrogen-bond acceptors (Lipinski definition) is 5. The molecule has 1 atom stereocenters. The molecule has 1 N–H and O–H groups in total. The van der Waals surface area contributed by atoms with Crippen LogP contribution in [0.25, 0.3) is 0 Å². The zero-order valence-electron chi connectivity index (χ0n) is 13.7. The number of hydrogen-bond donors (Lipinski definition) is 1. The first-order chi connectivity index (χ1) is 12.5. The van der Waals surface area contributed by atoms with E-state index in [0.717, 1.165) is 16.1 Å². The molecule has 0 saturated carbocycles. The van der Waals surface area contributed by atoms with Crippen LogP contribution in [0.3, 0.4) is 0 Å². The predicted molar refractivity (Wildman–Crippen MR) is 98.5 cm³/mol. The molecule has 1 unspecified atom stereocenters. The van der Waals surface area contributed by atoms with Crippen molar-refractivity contribution in [1.29, 1.82) is 0 Å². The molecule has 132 valence electrons. The van der Waals surface area contributed by atoms with E-state index >= 15 is 0 Å². The Kier molecular flexibility index (Phi) is 4.12. The van der Waals surface area contributed by atoms with Gasteiger partial charge in [-0.2, -0.15) is 0 Å². The Bertz CT molecular complexity index is 930. The molecule has 2 aromatic rings. The number of para-hydroxylation sites is 1. The van der Waals surface area contributed by atoms with E-state index in [9.17, 15) is 19.7 Å². The Labute approximate surface area is 153 Å². The zero-order chi connectivity index (χ0) is 18.3. The molecule has 2 aliphatic rings. The van der Waals surface area contributed by atoms with E-state index in [0.29, 0.717) is 18.7 Å². The highest BCUT2D eigenvalue weighted by Crippen LogP contribution is 2.38. The molecule has 4 rings (SSSR count). The smallest absolute Gasteiger partial charge is 0.271 e. The predicted octanol–water partition coefficient (Wildman–Crippen LogP) is 2.99. The van der Waals surface area contributed by atoms with E-state index in [2.05, 4.69) is 5.32 Å². The van der Waals surface area contributed by atoms with Gasteiger partial charge in [-0.1, -0.05) is 18.2 Å². The number of nitro benzene ring substituents is 1. The van der Waals surface area contributed by atoms with Crippen molar-refractivity contribution in [3.63, 3.8) is 0 Å². The number of nitrogens with one attached hydrogen (secondary N) is 1. The highest BCUT2D eigenvalue weighted by molar-refractivity contribution is 8.01. The topological polar surface area (TPSA) is 92.6 Å². The molecular weight excluding hydrogens is 354 g/mol. The third-order valence-electron chi connectivity index (χ3n) is 4.54. The number of carbonyl (C=O) groups is 2. The van der Waals surface area contributed by atoms with Gasteiger partial charge in [-0.3, -0.25) is 19.7 Å². The number of carbonyl (C=O) groups excluding carboxylic acids is 2. The van der Waals surface area contributed by atoms with E-state index in [1.807, 2.05) is 24.3 Å². The van der Waals surface area contributed by atoms with Crippen LogP contribution in [-0.4, -0.2) is 28.5 Å². The minimum Gasteiger partial charge on any atom is -0.324 e. The molecule has 2 aliphatic heterocycles. The quantitative estimate of drug-likeness (QED) is 0.663. The maximum Gasteiger partial charge on any atom is 0.271 e. The second-order valence-corrected chi connectivity index (χ2v) is 7.41. The van der Waals surface area contributed by atoms with Gasteiger partial charge in [0.05, 0.1) is 21.5 Å². The Morgan fingerprint density at radius 2 is 2.12 bits per heavy atom. The second kappa shape index (κ2) is 6.45. The molecule has 8 heteroatoms. The fraction of sp³-hybridized carbons (Fsp3) is 0.222. The lowest BCUT2D eigenvalue weighted by molar-refractivity contribution is -0.384. The number of rotatable bonds is 3. The van der Waals surface area contributed by atoms with Crippen LogP contribution in [0.5, 0.6) is 0 Å². The second-order valence-electron chi connectivity index (χ2n) is 6.16. The summed E-state index contributed by atoms with van der Waals surface area (Å²) in [5, 5.41) is 13.3. The van der Waals surface area contributed by atoms with Crippen LogP contribution in [0.15, 0.2) is 47.4 Å². The monoisotopic (exact) mass is 369 g/mol. The van der Waals surface area contributed by atoms with Crippen molar-refractivity contribution >= 4 is 40.6 Å². The summed E-state index contributed by atoms with van der Waals surface area (Å²) < 4.78 is 0. The van der Waals surface area contributed by atoms with Gasteiger partial charge >= 0.3 is 0 Å². The van der Waals surface area contributed by atoms with E-state index in [-0.39, 0.29) is 23.9 Å². The molecule has 26 heavy (non-hydrogen) atoms. The molecular formula is C18H15N3O4S. The van der Waals surface area contributed by atoms with Crippen LogP contribution in [0.1, 0.15) is 12.0 Å². The number of non-ortho nitro benzene ring substituents is 1. The minimum absolute atomic E-state index is 0.0397. The molecule has 0 bridgehead atoms. The first kappa shape index (κ1) is 16.6. The van der Waals surface area contributed by atoms with Gasteiger partial charge in [0.25, 0.3) is 5.69 Å². The lowest BCUT2D eigenvalue weighted by Gasteiger charge is -2.25. The number of amides is 2. The lowest BCUT2D eigenvalue weighted by atomic mass is 10.1. The Morgan fingerprint density at radius 3 is 2.92 bits per heavy atom. The first-order valence-electron chi connectivity index (χ1n) is 8.17. The van der Waals surface area contributed by atoms with Crippen LogP contribution < -0.4 is 10.2 Å². The number of nitrogens with zero attached hydrogens (tertiary/aromatic N) is 2. The molecule has 2 amide bonds. The van der Waals surface area contributed by atoms with E-state index in [1.54, 1.807) is 11.0 Å². The molecule has 0 radical (unpaired) electrons. The molecule has 0 aromatic heterocycles. The molecule has 7 nitrogen and oxygen atoms in total. The number of thioether (sulfide) groups is 1. The third-order valence-corrected chi connectivity index (χ3v) is 5.82. The van der Waals surface area contributed by atoms with Crippen molar-refractivity contribution in [1.82, 2.24) is 0 Å². The van der Waals surface area contributed by atoms with Gasteiger partial charge in [-0.15, -0.1) is 11.8 Å². The maximum absolute atomic E-state index is 12.8. The number of benzene rings is 2. The summed E-state index contributed by atoms with van der Waals surface area (Å²) in [6, 6.07) is 12.0. The summed E-state index contributed by atoms with van der Waals surface area (Å²) in [6.45, 7) is 0.477. The van der Waals surface area contributed by atoms with Gasteiger partial charge < -0.3 is 10.2 Å². The van der Waals surface area contributed by atoms with Gasteiger partial charge in [0.1, 0.15) is 0 Å². The SMILES string of the molecule is O=C1Nc2ccccc2SC1CC(=O)N1CCc2ccc([N+](=O)[O-])cc21. The van der Waals surface area contributed by atoms with Crippen LogP contribution in [-0.2, 0) is 16.0 Å². The number of anilines is 2. The maximum atomic E-state index is 12.8. The van der Waals surface area contributed by atoms with Gasteiger partial charge in [-0.25, -0.2) is 0 Å². The average molecular weight is 369 g/mol. The largest absolute Gasteiger partial charge is 0.324 e. The van der Waals surface area contributed by atoms with Crippen LogP contribution in [0, 0.1) is 10.1 Å². The molecule has 2 heterocycles. The van der Waals surface area contributed by atoms with Crippen LogP contribution in [0.2, 0.25) is 0 Å². The molecule has 0 aliphatic carbocycles. The van der Waals surface area contributed by atoms with Crippen molar-refractivity contribution in [2.45, 2.75) is 23.0 Å². The summed E-state index contributed by atoms with van der Waals surface area (Å²) in [4.78, 5) is 38.1. The van der Waals surface area contributed by atoms with Crippen molar-refractivity contribution in [2.75, 3.05) is 16.8 Å². The van der Waals surface area contributed by atoms with Crippen LogP contribution in [0.4, 0.5) is 17.1 Å². The zero-order valence-corrected chi connectivity index (χ0v) is 14.5. The summed E-state index contributed by atoms with van der Waals surface area (Å²) in [6.07, 6.45) is 0.707. The van der Waals surface area contributed by atoms with Crippen molar-refractivity contribution in [3.8, 4) is 0 Å². The van der Waals surface area contributed by atoms with E-state index in [1.165, 1.54) is 23.9 Å². The highest BCUT2D eigenvalue weighted by Gasteiger charge is 2.33. The van der Waals surface area contributed by atoms with Crippen molar-refractivity contribution < 1.29 is 14.5 Å². The summed E-state index contributed by atoms with van der Waals surface area (Å²) >= 11 is 1.37. The standard InChI is InChI=1S/C18H15N3O4S/c22-17(10-16-18(23)19-13-3-1-2-4-15(13)26-16)20-8-7-11-5-6-12(21(24)25)9-14(11)20/h1-6,9,16H,7-8,10H2,(H,19,23). The summed E-state index contributed by atoms with van der Waals surface area (Å²) in [5.41, 5.74) is 2.20. The normalized spacial score (nSPS) is 18.1. The van der Waals surface area contributed by atoms with Gasteiger partial charge in [0.2, 0.25) is 11.8 Å². The van der Waals surface area contributed by atoms with E-state index in [4.69, 9.17) is 0 Å². The molecule has 2 aromatic carbocycles. The van der Waals surface area contributed by atoms with Crippen molar-refractivity contribution in [2.24, 2.45) is 0 Å². The fourth-order valence-corrected chi connectivity index (χ4v) is 4.34. The van der Waals surface area contributed by atoms with Crippen LogP contribution >= 0.6 is 11.8 Å². The third kappa shape index (κ3) is 2.92. The molecule has 0 spiro atoms. The number of fused-ring (bicyclic) bond motifs is 2. The lowest BCUT2D eigenvalue weighted by Crippen LogP contribution is -2.36. The highest BCUT2D eigenvalue weighted by atomic mass is 32.2. The van der Waals surface area contributed by atoms with Crippen molar-refractivity contribution in [3.05, 3.63) is 58.1 Å². The first-order valence-corrected chi connectivity index (χ1v) is 9.05. The Morgan fingerprint density at radius 1 is 1.31 bits per heavy atom. The fourth-order valence-electron chi connectivity index (χ4n) is 3.24. The van der Waals surface area contributed by atoms with E-state index < -0.39 is 10.2 Å². The number of nitro groups is 1. The Balaban J connectivity index is 1.53. The summed E-state index contributed by atoms with van der Waals surface area (Å²) in [7, 11) is 0. The average Bonchev–Trinajstić information content (AvgIpc) is 3.05. The molecule has 0 fully saturated rings. The Hall–Kier alpha value is -2.87. The molecule has 0 saturated heterocycles. The van der Waals surface area contributed by atoms with Gasteiger partial charge in [0, 0.05) is 30.0 Å².